The highest BCUT2D eigenvalue weighted by molar-refractivity contribution is 7.47. The van der Waals surface area contributed by atoms with Gasteiger partial charge in [0.1, 0.15) is 13.2 Å². The molecule has 0 aromatic rings. The summed E-state index contributed by atoms with van der Waals surface area (Å²) in [6, 6.07) is -0.760. The number of allylic oxidation sites excluding steroid dienone is 4. The molecule has 0 aliphatic rings. The monoisotopic (exact) mass is 1300 g/mol. The first-order valence-corrected chi connectivity index (χ1v) is 42.7. The van der Waals surface area contributed by atoms with Gasteiger partial charge in [-0.05, 0) is 44.9 Å². The van der Waals surface area contributed by atoms with Crippen molar-refractivity contribution >= 4 is 13.7 Å². The van der Waals surface area contributed by atoms with Crippen LogP contribution < -0.4 is 5.32 Å². The molecule has 3 unspecified atom stereocenters. The maximum atomic E-state index is 13.1. The maximum Gasteiger partial charge on any atom is 0.472 e. The highest BCUT2D eigenvalue weighted by Crippen LogP contribution is 2.43. The number of hydrogen-bond acceptors (Lipinski definition) is 5. The van der Waals surface area contributed by atoms with Crippen molar-refractivity contribution in [3.63, 3.8) is 0 Å². The molecule has 542 valence electrons. The molecule has 9 heteroatoms. The van der Waals surface area contributed by atoms with Crippen molar-refractivity contribution < 1.29 is 32.9 Å². The lowest BCUT2D eigenvalue weighted by Crippen LogP contribution is -2.46. The molecule has 1 amide bonds. The summed E-state index contributed by atoms with van der Waals surface area (Å²) in [7, 11) is 1.64. The zero-order valence-electron chi connectivity index (χ0n) is 62.4. The summed E-state index contributed by atoms with van der Waals surface area (Å²) in [6.45, 7) is 4.96. The Morgan fingerprint density at radius 3 is 0.901 bits per heavy atom. The van der Waals surface area contributed by atoms with Crippen LogP contribution in [0, 0.1) is 0 Å². The van der Waals surface area contributed by atoms with E-state index in [1.165, 1.54) is 372 Å². The number of unbranched alkanes of at least 4 members (excludes halogenated alkanes) is 61. The summed E-state index contributed by atoms with van der Waals surface area (Å²) < 4.78 is 24.0. The Hall–Kier alpha value is -1.02. The number of rotatable bonds is 78. The van der Waals surface area contributed by atoms with Crippen LogP contribution in [0.3, 0.4) is 0 Å². The summed E-state index contributed by atoms with van der Waals surface area (Å²) in [5, 5.41) is 14.2. The Bertz CT molecular complexity index is 1530. The molecular weight excluding hydrogens is 1140 g/mol. The smallest absolute Gasteiger partial charge is 0.391 e. The first-order valence-electron chi connectivity index (χ1n) is 41.2. The standard InChI is InChI=1S/C82H163N2O6P/c1-6-8-10-12-14-16-18-20-22-24-26-28-30-32-34-36-38-40-41-42-43-44-46-48-50-52-54-56-58-60-62-64-66-68-70-72-74-76-82(86)83-80(79-90-91(87,88)89-78-77-84(3,4)5)81(85)75-73-71-69-67-65-63-61-59-57-55-53-51-49-47-45-39-37-35-33-31-29-27-25-23-21-19-17-15-13-11-9-7-2/h18,20,24,26,80-81,85H,6-17,19,21-23,25,27-79H2,1-5H3,(H-,83,86,87,88)/p+1/b20-18-,26-24-. The topological polar surface area (TPSA) is 105 Å². The van der Waals surface area contributed by atoms with Crippen LogP contribution in [0.2, 0.25) is 0 Å². The number of aliphatic hydroxyl groups excluding tert-OH is 1. The lowest BCUT2D eigenvalue weighted by atomic mass is 10.0. The van der Waals surface area contributed by atoms with E-state index in [9.17, 15) is 19.4 Å². The van der Waals surface area contributed by atoms with Crippen molar-refractivity contribution in [1.29, 1.82) is 0 Å². The third-order valence-electron chi connectivity index (χ3n) is 19.5. The summed E-state index contributed by atoms with van der Waals surface area (Å²) >= 11 is 0. The molecule has 0 saturated heterocycles. The molecule has 0 radical (unpaired) electrons. The van der Waals surface area contributed by atoms with Crippen LogP contribution >= 0.6 is 7.82 Å². The van der Waals surface area contributed by atoms with E-state index in [1.807, 2.05) is 21.1 Å². The van der Waals surface area contributed by atoms with Gasteiger partial charge in [-0.25, -0.2) is 4.57 Å². The molecule has 0 aliphatic heterocycles. The largest absolute Gasteiger partial charge is 0.472 e. The average molecular weight is 1310 g/mol. The van der Waals surface area contributed by atoms with Crippen molar-refractivity contribution in [2.45, 2.75) is 456 Å². The average Bonchev–Trinajstić information content (AvgIpc) is 3.42. The second kappa shape index (κ2) is 73.2. The van der Waals surface area contributed by atoms with Gasteiger partial charge >= 0.3 is 7.82 Å². The molecular formula is C82H164N2O6P+. The van der Waals surface area contributed by atoms with Gasteiger partial charge in [-0.2, -0.15) is 0 Å². The molecule has 0 fully saturated rings. The Morgan fingerprint density at radius 2 is 0.626 bits per heavy atom. The molecule has 0 aromatic carbocycles. The van der Waals surface area contributed by atoms with Gasteiger partial charge in [-0.1, -0.05) is 417 Å². The van der Waals surface area contributed by atoms with Crippen LogP contribution in [0.15, 0.2) is 24.3 Å². The number of phosphoric ester groups is 1. The SMILES string of the molecule is CCCCCCC/C=C\C/C=C\CCCCCCCCCCCCCCCCCCCCCCCCCCCC(=O)NC(COP(=O)(O)OCC[N+](C)(C)C)C(O)CCCCCCCCCCCCCCCCCCCCCCCCCCCCCCCCCC. The van der Waals surface area contributed by atoms with Gasteiger partial charge in [-0.15, -0.1) is 0 Å². The Labute approximate surface area is 570 Å². The van der Waals surface area contributed by atoms with E-state index < -0.39 is 20.0 Å². The number of carbonyl (C=O) groups excluding carboxylic acids is 1. The number of phosphoric acid groups is 1. The minimum atomic E-state index is -4.33. The van der Waals surface area contributed by atoms with E-state index in [0.29, 0.717) is 23.9 Å². The molecule has 0 saturated carbocycles. The van der Waals surface area contributed by atoms with Gasteiger partial charge in [0, 0.05) is 6.42 Å². The van der Waals surface area contributed by atoms with Crippen LogP contribution in [-0.4, -0.2) is 73.4 Å². The van der Waals surface area contributed by atoms with E-state index in [1.54, 1.807) is 0 Å². The van der Waals surface area contributed by atoms with Gasteiger partial charge in [-0.3, -0.25) is 13.8 Å². The number of quaternary nitrogens is 1. The number of likely N-dealkylation sites (N-methyl/N-ethyl adjacent to an activating group) is 1. The molecule has 0 aliphatic carbocycles. The summed E-state index contributed by atoms with van der Waals surface area (Å²) in [5.41, 5.74) is 0. The summed E-state index contributed by atoms with van der Waals surface area (Å²) in [4.78, 5) is 23.5. The minimum Gasteiger partial charge on any atom is -0.391 e. The third kappa shape index (κ3) is 76.2. The van der Waals surface area contributed by atoms with Crippen LogP contribution in [-0.2, 0) is 18.4 Å². The predicted octanol–water partition coefficient (Wildman–Crippen LogP) is 27.0. The second-order valence-electron chi connectivity index (χ2n) is 29.9. The number of carbonyl (C=O) groups is 1. The molecule has 0 heterocycles. The Balaban J connectivity index is 3.89. The van der Waals surface area contributed by atoms with Gasteiger partial charge in [0.15, 0.2) is 0 Å². The molecule has 0 bridgehead atoms. The molecule has 0 rings (SSSR count). The van der Waals surface area contributed by atoms with Crippen molar-refractivity contribution in [1.82, 2.24) is 5.32 Å². The quantitative estimate of drug-likeness (QED) is 0.0243. The summed E-state index contributed by atoms with van der Waals surface area (Å²) in [5.74, 6) is -0.133. The van der Waals surface area contributed by atoms with E-state index in [-0.39, 0.29) is 19.1 Å². The first kappa shape index (κ1) is 90.0. The highest BCUT2D eigenvalue weighted by Gasteiger charge is 2.28. The van der Waals surface area contributed by atoms with Crippen LogP contribution in [0.4, 0.5) is 0 Å². The molecule has 3 atom stereocenters. The molecule has 0 aromatic heterocycles. The van der Waals surface area contributed by atoms with Gasteiger partial charge in [0.05, 0.1) is 39.9 Å². The van der Waals surface area contributed by atoms with Crippen molar-refractivity contribution in [2.75, 3.05) is 40.9 Å². The second-order valence-corrected chi connectivity index (χ2v) is 31.3. The van der Waals surface area contributed by atoms with Crippen molar-refractivity contribution in [2.24, 2.45) is 0 Å². The maximum absolute atomic E-state index is 13.1. The van der Waals surface area contributed by atoms with Gasteiger partial charge < -0.3 is 19.8 Å². The fourth-order valence-electron chi connectivity index (χ4n) is 13.1. The van der Waals surface area contributed by atoms with Gasteiger partial charge in [0.25, 0.3) is 0 Å². The normalized spacial score (nSPS) is 13.5. The number of nitrogens with one attached hydrogen (secondary N) is 1. The van der Waals surface area contributed by atoms with E-state index >= 15 is 0 Å². The molecule has 8 nitrogen and oxygen atoms in total. The highest BCUT2D eigenvalue weighted by atomic mass is 31.2. The molecule has 91 heavy (non-hydrogen) atoms. The van der Waals surface area contributed by atoms with Crippen LogP contribution in [0.1, 0.15) is 444 Å². The van der Waals surface area contributed by atoms with Crippen LogP contribution in [0.25, 0.3) is 0 Å². The Kier molecular flexibility index (Phi) is 72.4. The van der Waals surface area contributed by atoms with Gasteiger partial charge in [0.2, 0.25) is 5.91 Å². The van der Waals surface area contributed by atoms with E-state index in [0.717, 1.165) is 44.9 Å². The fourth-order valence-corrected chi connectivity index (χ4v) is 13.8. The van der Waals surface area contributed by atoms with Crippen molar-refractivity contribution in [3.05, 3.63) is 24.3 Å². The number of hydrogen-bond donors (Lipinski definition) is 3. The minimum absolute atomic E-state index is 0.0783. The molecule has 0 spiro atoms. The van der Waals surface area contributed by atoms with Crippen LogP contribution in [0.5, 0.6) is 0 Å². The number of amides is 1. The molecule has 3 N–H and O–H groups in total. The Morgan fingerprint density at radius 1 is 0.374 bits per heavy atom. The lowest BCUT2D eigenvalue weighted by molar-refractivity contribution is -0.870. The van der Waals surface area contributed by atoms with E-state index in [4.69, 9.17) is 9.05 Å². The fraction of sp³-hybridized carbons (Fsp3) is 0.939. The third-order valence-corrected chi connectivity index (χ3v) is 20.4. The zero-order valence-corrected chi connectivity index (χ0v) is 63.3. The zero-order chi connectivity index (χ0) is 66.2. The number of aliphatic hydroxyl groups is 1. The predicted molar refractivity (Wildman–Crippen MR) is 402 cm³/mol. The number of nitrogens with zero attached hydrogens (tertiary/aromatic N) is 1. The summed E-state index contributed by atoms with van der Waals surface area (Å²) in [6.07, 6.45) is 97.7. The van der Waals surface area contributed by atoms with E-state index in [2.05, 4.69) is 43.5 Å². The first-order chi connectivity index (χ1) is 44.5. The lowest BCUT2D eigenvalue weighted by Gasteiger charge is -2.26. The van der Waals surface area contributed by atoms with Crippen molar-refractivity contribution in [3.8, 4) is 0 Å².